The van der Waals surface area contributed by atoms with Gasteiger partial charge in [0.2, 0.25) is 21.8 Å². The Bertz CT molecular complexity index is 938. The Labute approximate surface area is 182 Å². The normalized spacial score (nSPS) is 23.3. The third-order valence-corrected chi connectivity index (χ3v) is 8.23. The molecule has 31 heavy (non-hydrogen) atoms. The van der Waals surface area contributed by atoms with Gasteiger partial charge in [-0.2, -0.15) is 4.31 Å². The zero-order chi connectivity index (χ0) is 22.0. The van der Waals surface area contributed by atoms with E-state index in [0.29, 0.717) is 25.5 Å². The molecule has 10 heteroatoms. The van der Waals surface area contributed by atoms with Crippen LogP contribution in [0.15, 0.2) is 23.1 Å². The van der Waals surface area contributed by atoms with E-state index in [0.717, 1.165) is 25.7 Å². The second kappa shape index (κ2) is 9.13. The Morgan fingerprint density at radius 2 is 1.90 bits per heavy atom. The molecule has 170 valence electrons. The van der Waals surface area contributed by atoms with Crippen molar-refractivity contribution in [2.24, 2.45) is 5.92 Å². The lowest BCUT2D eigenvalue weighted by molar-refractivity contribution is -0.129. The lowest BCUT2D eigenvalue weighted by atomic mass is 10.1. The topological polar surface area (TPSA) is 105 Å². The molecule has 1 atom stereocenters. The van der Waals surface area contributed by atoms with Crippen molar-refractivity contribution in [3.05, 3.63) is 18.2 Å². The van der Waals surface area contributed by atoms with Gasteiger partial charge in [0.05, 0.1) is 36.8 Å². The van der Waals surface area contributed by atoms with Crippen molar-refractivity contribution in [3.63, 3.8) is 0 Å². The molecular formula is C21H29N3O6S. The molecule has 2 aliphatic heterocycles. The van der Waals surface area contributed by atoms with Crippen molar-refractivity contribution in [2.45, 2.75) is 43.0 Å². The number of sulfonamides is 1. The molecule has 0 aromatic heterocycles. The molecule has 3 aliphatic rings. The van der Waals surface area contributed by atoms with E-state index in [9.17, 15) is 18.0 Å². The molecule has 0 bridgehead atoms. The number of ether oxygens (including phenoxy) is 2. The van der Waals surface area contributed by atoms with Crippen LogP contribution in [0.5, 0.6) is 5.75 Å². The number of hydrogen-bond acceptors (Lipinski definition) is 6. The maximum absolute atomic E-state index is 13.0. The summed E-state index contributed by atoms with van der Waals surface area (Å²) >= 11 is 0. The fourth-order valence-corrected chi connectivity index (χ4v) is 6.03. The average Bonchev–Trinajstić information content (AvgIpc) is 3.44. The van der Waals surface area contributed by atoms with Crippen molar-refractivity contribution in [1.82, 2.24) is 9.21 Å². The molecule has 0 radical (unpaired) electrons. The maximum Gasteiger partial charge on any atom is 0.243 e. The largest absolute Gasteiger partial charge is 0.495 e. The quantitative estimate of drug-likeness (QED) is 0.702. The van der Waals surface area contributed by atoms with Gasteiger partial charge in [-0.15, -0.1) is 0 Å². The van der Waals surface area contributed by atoms with Crippen LogP contribution < -0.4 is 10.1 Å². The number of likely N-dealkylation sites (tertiary alicyclic amines) is 1. The molecule has 2 saturated heterocycles. The summed E-state index contributed by atoms with van der Waals surface area (Å²) in [7, 11) is -2.25. The molecule has 4 rings (SSSR count). The van der Waals surface area contributed by atoms with Gasteiger partial charge in [0.25, 0.3) is 0 Å². The Morgan fingerprint density at radius 1 is 1.19 bits per heavy atom. The van der Waals surface area contributed by atoms with E-state index in [1.165, 1.54) is 29.6 Å². The highest BCUT2D eigenvalue weighted by atomic mass is 32.2. The molecule has 1 aliphatic carbocycles. The summed E-state index contributed by atoms with van der Waals surface area (Å²) < 4.78 is 37.9. The molecule has 1 aromatic rings. The van der Waals surface area contributed by atoms with E-state index < -0.39 is 15.9 Å². The zero-order valence-electron chi connectivity index (χ0n) is 17.7. The Hall–Kier alpha value is -2.17. The van der Waals surface area contributed by atoms with Crippen LogP contribution >= 0.6 is 0 Å². The summed E-state index contributed by atoms with van der Waals surface area (Å²) in [4.78, 5) is 27.3. The second-order valence-electron chi connectivity index (χ2n) is 8.25. The molecule has 1 unspecified atom stereocenters. The summed E-state index contributed by atoms with van der Waals surface area (Å²) in [6, 6.07) is 4.67. The van der Waals surface area contributed by atoms with Gasteiger partial charge in [-0.1, -0.05) is 12.8 Å². The molecule has 0 spiro atoms. The molecule has 9 nitrogen and oxygen atoms in total. The first kappa shape index (κ1) is 22.0. The molecule has 2 amide bonds. The van der Waals surface area contributed by atoms with Gasteiger partial charge in [0, 0.05) is 32.1 Å². The van der Waals surface area contributed by atoms with E-state index in [1.54, 1.807) is 0 Å². The van der Waals surface area contributed by atoms with E-state index in [-0.39, 0.29) is 47.9 Å². The summed E-state index contributed by atoms with van der Waals surface area (Å²) in [5.74, 6) is -0.376. The molecule has 1 saturated carbocycles. The third kappa shape index (κ3) is 4.56. The van der Waals surface area contributed by atoms with Crippen molar-refractivity contribution in [1.29, 1.82) is 0 Å². The zero-order valence-corrected chi connectivity index (χ0v) is 18.5. The number of carbonyl (C=O) groups excluding carboxylic acids is 2. The minimum absolute atomic E-state index is 0.0164. The van der Waals surface area contributed by atoms with Gasteiger partial charge in [-0.25, -0.2) is 8.42 Å². The molecule has 1 N–H and O–H groups in total. The summed E-state index contributed by atoms with van der Waals surface area (Å²) in [5, 5.41) is 2.80. The van der Waals surface area contributed by atoms with Gasteiger partial charge in [-0.05, 0) is 31.0 Å². The smallest absolute Gasteiger partial charge is 0.243 e. The van der Waals surface area contributed by atoms with E-state index >= 15 is 0 Å². The number of anilines is 1. The summed E-state index contributed by atoms with van der Waals surface area (Å²) in [6.45, 7) is 1.69. The Kier molecular flexibility index (Phi) is 6.49. The predicted molar refractivity (Wildman–Crippen MR) is 113 cm³/mol. The Balaban J connectivity index is 1.50. The SMILES string of the molecule is COc1ccc(S(=O)(=O)N2CCOCC2)cc1NC(=O)C1CC(=O)N(C2CCCC2)C1. The molecule has 1 aromatic carbocycles. The average molecular weight is 452 g/mol. The van der Waals surface area contributed by atoms with Gasteiger partial charge >= 0.3 is 0 Å². The van der Waals surface area contributed by atoms with Gasteiger partial charge < -0.3 is 19.7 Å². The summed E-state index contributed by atoms with van der Waals surface area (Å²) in [6.07, 6.45) is 4.40. The first-order valence-corrected chi connectivity index (χ1v) is 12.2. The number of benzene rings is 1. The summed E-state index contributed by atoms with van der Waals surface area (Å²) in [5.41, 5.74) is 0.286. The van der Waals surface area contributed by atoms with Crippen LogP contribution in [-0.4, -0.2) is 75.4 Å². The predicted octanol–water partition coefficient (Wildman–Crippen LogP) is 1.45. The van der Waals surface area contributed by atoms with E-state index in [1.807, 2.05) is 4.90 Å². The van der Waals surface area contributed by atoms with Crippen LogP contribution in [0.4, 0.5) is 5.69 Å². The number of rotatable bonds is 6. The highest BCUT2D eigenvalue weighted by Crippen LogP contribution is 2.32. The number of amides is 2. The van der Waals surface area contributed by atoms with E-state index in [4.69, 9.17) is 9.47 Å². The number of nitrogens with zero attached hydrogens (tertiary/aromatic N) is 2. The van der Waals surface area contributed by atoms with Crippen molar-refractivity contribution >= 4 is 27.5 Å². The van der Waals surface area contributed by atoms with Gasteiger partial charge in [-0.3, -0.25) is 9.59 Å². The number of carbonyl (C=O) groups is 2. The first-order valence-electron chi connectivity index (χ1n) is 10.8. The fourth-order valence-electron chi connectivity index (χ4n) is 4.59. The fraction of sp³-hybridized carbons (Fsp3) is 0.619. The van der Waals surface area contributed by atoms with Gasteiger partial charge in [0.1, 0.15) is 5.75 Å². The van der Waals surface area contributed by atoms with Crippen molar-refractivity contribution in [3.8, 4) is 5.75 Å². The highest BCUT2D eigenvalue weighted by molar-refractivity contribution is 7.89. The van der Waals surface area contributed by atoms with Crippen LogP contribution in [0.1, 0.15) is 32.1 Å². The maximum atomic E-state index is 13.0. The van der Waals surface area contributed by atoms with Gasteiger partial charge in [0.15, 0.2) is 0 Å². The lowest BCUT2D eigenvalue weighted by Gasteiger charge is -2.26. The molecular weight excluding hydrogens is 422 g/mol. The number of methoxy groups -OCH3 is 1. The van der Waals surface area contributed by atoms with Crippen LogP contribution in [0.25, 0.3) is 0 Å². The monoisotopic (exact) mass is 451 g/mol. The van der Waals surface area contributed by atoms with E-state index in [2.05, 4.69) is 5.32 Å². The number of hydrogen-bond donors (Lipinski definition) is 1. The van der Waals surface area contributed by atoms with Crippen LogP contribution in [0, 0.1) is 5.92 Å². The second-order valence-corrected chi connectivity index (χ2v) is 10.2. The van der Waals surface area contributed by atoms with Crippen LogP contribution in [0.2, 0.25) is 0 Å². The minimum Gasteiger partial charge on any atom is -0.495 e. The number of nitrogens with one attached hydrogen (secondary N) is 1. The first-order chi connectivity index (χ1) is 14.9. The van der Waals surface area contributed by atoms with Crippen molar-refractivity contribution in [2.75, 3.05) is 45.3 Å². The Morgan fingerprint density at radius 3 is 2.58 bits per heavy atom. The van der Waals surface area contributed by atoms with Crippen LogP contribution in [-0.2, 0) is 24.3 Å². The standard InChI is InChI=1S/C21H29N3O6S/c1-29-19-7-6-17(31(27,28)23-8-10-30-11-9-23)13-18(19)22-21(26)15-12-20(25)24(14-15)16-4-2-3-5-16/h6-7,13,15-16H,2-5,8-12,14H2,1H3,(H,22,26). The molecule has 3 fully saturated rings. The third-order valence-electron chi connectivity index (χ3n) is 6.33. The molecule has 2 heterocycles. The lowest BCUT2D eigenvalue weighted by Crippen LogP contribution is -2.40. The highest BCUT2D eigenvalue weighted by Gasteiger charge is 2.39. The minimum atomic E-state index is -3.71. The number of morpholine rings is 1. The van der Waals surface area contributed by atoms with Crippen LogP contribution in [0.3, 0.4) is 0 Å². The van der Waals surface area contributed by atoms with Crippen molar-refractivity contribution < 1.29 is 27.5 Å².